The summed E-state index contributed by atoms with van der Waals surface area (Å²) in [5.41, 5.74) is 3.68. The zero-order valence-electron chi connectivity index (χ0n) is 17.0. The Kier molecular flexibility index (Phi) is 6.06. The first-order chi connectivity index (χ1) is 14.1. The maximum atomic E-state index is 5.63. The highest BCUT2D eigenvalue weighted by atomic mass is 32.1. The van der Waals surface area contributed by atoms with E-state index in [1.54, 1.807) is 12.0 Å². The van der Waals surface area contributed by atoms with Crippen LogP contribution < -0.4 is 24.4 Å². The summed E-state index contributed by atoms with van der Waals surface area (Å²) in [7, 11) is 1.74. The molecule has 1 saturated heterocycles. The summed E-state index contributed by atoms with van der Waals surface area (Å²) in [6.07, 6.45) is 0. The van der Waals surface area contributed by atoms with Crippen LogP contribution in [-0.4, -0.2) is 50.1 Å². The van der Waals surface area contributed by atoms with Crippen LogP contribution in [-0.2, 0) is 13.1 Å². The quantitative estimate of drug-likeness (QED) is 0.724. The van der Waals surface area contributed by atoms with E-state index < -0.39 is 0 Å². The van der Waals surface area contributed by atoms with Crippen LogP contribution in [0.4, 0.5) is 0 Å². The van der Waals surface area contributed by atoms with Crippen LogP contribution in [0.25, 0.3) is 0 Å². The van der Waals surface area contributed by atoms with Gasteiger partial charge in [-0.25, -0.2) is 0 Å². The number of nitrogens with zero attached hydrogens (tertiary/aromatic N) is 1. The molecule has 0 unspecified atom stereocenters. The van der Waals surface area contributed by atoms with Crippen molar-refractivity contribution < 1.29 is 19.1 Å². The Morgan fingerprint density at radius 1 is 1.14 bits per heavy atom. The van der Waals surface area contributed by atoms with Crippen molar-refractivity contribution in [1.29, 1.82) is 0 Å². The molecular weight excluding hydrogens is 386 g/mol. The second-order valence-corrected chi connectivity index (χ2v) is 7.96. The Morgan fingerprint density at radius 2 is 1.93 bits per heavy atom. The number of piperazine rings is 1. The highest BCUT2D eigenvalue weighted by Crippen LogP contribution is 2.32. The third-order valence-electron chi connectivity index (χ3n) is 5.51. The Hall–Kier alpha value is -2.51. The molecule has 0 bridgehead atoms. The summed E-state index contributed by atoms with van der Waals surface area (Å²) in [6, 6.07) is 12.4. The van der Waals surface area contributed by atoms with Gasteiger partial charge in [-0.1, -0.05) is 17.7 Å². The summed E-state index contributed by atoms with van der Waals surface area (Å²) < 4.78 is 16.3. The van der Waals surface area contributed by atoms with Crippen LogP contribution in [0.3, 0.4) is 0 Å². The third-order valence-corrected chi connectivity index (χ3v) is 5.92. The molecule has 0 spiro atoms. The number of thiocarbonyl (C=S) groups is 1. The highest BCUT2D eigenvalue weighted by Gasteiger charge is 2.23. The van der Waals surface area contributed by atoms with Crippen molar-refractivity contribution >= 4 is 17.3 Å². The number of nitrogens with one attached hydrogen (secondary N) is 2. The van der Waals surface area contributed by atoms with Gasteiger partial charge in [0.1, 0.15) is 12.3 Å². The van der Waals surface area contributed by atoms with Crippen molar-refractivity contribution in [3.8, 4) is 17.2 Å². The van der Waals surface area contributed by atoms with Crippen LogP contribution in [0.5, 0.6) is 17.2 Å². The molecule has 4 rings (SSSR count). The molecule has 7 heteroatoms. The average molecular weight is 415 g/mol. The van der Waals surface area contributed by atoms with Crippen LogP contribution in [0.1, 0.15) is 16.7 Å². The number of benzene rings is 2. The first-order valence-electron chi connectivity index (χ1n) is 10.0. The molecule has 0 amide bonds. The Labute approximate surface area is 177 Å². The summed E-state index contributed by atoms with van der Waals surface area (Å²) in [5, 5.41) is 4.20. The lowest BCUT2D eigenvalue weighted by molar-refractivity contribution is -0.917. The van der Waals surface area contributed by atoms with Gasteiger partial charge in [0.2, 0.25) is 6.79 Å². The van der Waals surface area contributed by atoms with Crippen molar-refractivity contribution in [3.63, 3.8) is 0 Å². The molecule has 0 aromatic heterocycles. The zero-order chi connectivity index (χ0) is 20.2. The molecule has 2 aromatic carbocycles. The van der Waals surface area contributed by atoms with Crippen molar-refractivity contribution in [2.24, 2.45) is 0 Å². The number of hydrogen-bond donors (Lipinski definition) is 2. The molecule has 0 atom stereocenters. The van der Waals surface area contributed by atoms with Gasteiger partial charge in [-0.05, 0) is 49.0 Å². The molecule has 29 heavy (non-hydrogen) atoms. The van der Waals surface area contributed by atoms with E-state index in [-0.39, 0.29) is 0 Å². The molecule has 2 aliphatic heterocycles. The average Bonchev–Trinajstić information content (AvgIpc) is 3.21. The van der Waals surface area contributed by atoms with Crippen LogP contribution in [0.2, 0.25) is 0 Å². The van der Waals surface area contributed by atoms with Gasteiger partial charge >= 0.3 is 0 Å². The first-order valence-corrected chi connectivity index (χ1v) is 10.4. The number of hydrogen-bond acceptors (Lipinski definition) is 4. The largest absolute Gasteiger partial charge is 0.496 e. The molecule has 0 aliphatic carbocycles. The Bertz CT molecular complexity index is 882. The van der Waals surface area contributed by atoms with E-state index in [1.807, 2.05) is 18.2 Å². The maximum Gasteiger partial charge on any atom is 0.231 e. The molecule has 2 aromatic rings. The second-order valence-electron chi connectivity index (χ2n) is 7.58. The summed E-state index contributed by atoms with van der Waals surface area (Å²) in [6.45, 7) is 8.12. The van der Waals surface area contributed by atoms with Crippen molar-refractivity contribution in [2.45, 2.75) is 20.0 Å². The SMILES string of the molecule is COc1ccc(C)cc1C[NH+]1CCN(C(=S)NCc2ccc3c(c2)OCO3)CC1. The van der Waals surface area contributed by atoms with Gasteiger partial charge in [0, 0.05) is 12.1 Å². The summed E-state index contributed by atoms with van der Waals surface area (Å²) in [4.78, 5) is 3.82. The number of methoxy groups -OCH3 is 1. The first kappa shape index (κ1) is 19.8. The fraction of sp³-hybridized carbons (Fsp3) is 0.409. The monoisotopic (exact) mass is 414 g/mol. The van der Waals surface area contributed by atoms with E-state index in [1.165, 1.54) is 11.1 Å². The minimum absolute atomic E-state index is 0.297. The Morgan fingerprint density at radius 3 is 2.72 bits per heavy atom. The summed E-state index contributed by atoms with van der Waals surface area (Å²) in [5.74, 6) is 2.59. The smallest absolute Gasteiger partial charge is 0.231 e. The van der Waals surface area contributed by atoms with Gasteiger partial charge in [0.05, 0.1) is 33.3 Å². The molecule has 2 aliphatic rings. The highest BCUT2D eigenvalue weighted by molar-refractivity contribution is 7.80. The minimum Gasteiger partial charge on any atom is -0.496 e. The minimum atomic E-state index is 0.297. The van der Waals surface area contributed by atoms with E-state index in [0.717, 1.165) is 60.6 Å². The van der Waals surface area contributed by atoms with E-state index >= 15 is 0 Å². The normalized spacial score (nSPS) is 16.0. The van der Waals surface area contributed by atoms with Crippen LogP contribution in [0, 0.1) is 6.92 Å². The van der Waals surface area contributed by atoms with Gasteiger partial charge < -0.3 is 29.3 Å². The number of fused-ring (bicyclic) bond motifs is 1. The molecule has 6 nitrogen and oxygen atoms in total. The second kappa shape index (κ2) is 8.88. The number of ether oxygens (including phenoxy) is 3. The zero-order valence-corrected chi connectivity index (χ0v) is 17.8. The van der Waals surface area contributed by atoms with Crippen molar-refractivity contribution in [3.05, 3.63) is 53.1 Å². The number of quaternary nitrogens is 1. The van der Waals surface area contributed by atoms with Crippen LogP contribution in [0.15, 0.2) is 36.4 Å². The molecule has 0 radical (unpaired) electrons. The van der Waals surface area contributed by atoms with Gasteiger partial charge in [-0.15, -0.1) is 0 Å². The summed E-state index contributed by atoms with van der Waals surface area (Å²) >= 11 is 5.63. The molecule has 0 saturated carbocycles. The Balaban J connectivity index is 1.26. The molecule has 2 N–H and O–H groups in total. The maximum absolute atomic E-state index is 5.63. The van der Waals surface area contributed by atoms with Gasteiger partial charge in [0.25, 0.3) is 0 Å². The standard InChI is InChI=1S/C22H27N3O3S/c1-16-3-5-19(26-2)18(11-16)14-24-7-9-25(10-8-24)22(29)23-13-17-4-6-20-21(12-17)28-15-27-20/h3-6,11-12H,7-10,13-15H2,1-2H3,(H,23,29)/p+1. The molecule has 1 fully saturated rings. The predicted octanol–water partition coefficient (Wildman–Crippen LogP) is 1.51. The lowest BCUT2D eigenvalue weighted by Gasteiger charge is -2.34. The number of aryl methyl sites for hydroxylation is 1. The van der Waals surface area contributed by atoms with E-state index in [9.17, 15) is 0 Å². The fourth-order valence-corrected chi connectivity index (χ4v) is 4.11. The van der Waals surface area contributed by atoms with E-state index in [4.69, 9.17) is 26.4 Å². The fourth-order valence-electron chi connectivity index (χ4n) is 3.86. The van der Waals surface area contributed by atoms with Crippen molar-refractivity contribution in [2.75, 3.05) is 40.1 Å². The molecular formula is C22H28N3O3S+. The number of rotatable bonds is 5. The van der Waals surface area contributed by atoms with Gasteiger partial charge in [-0.2, -0.15) is 0 Å². The third kappa shape index (κ3) is 4.74. The van der Waals surface area contributed by atoms with Gasteiger partial charge in [0.15, 0.2) is 16.6 Å². The molecule has 2 heterocycles. The lowest BCUT2D eigenvalue weighted by atomic mass is 10.1. The van der Waals surface area contributed by atoms with E-state index in [2.05, 4.69) is 35.3 Å². The topological polar surface area (TPSA) is 47.4 Å². The molecule has 154 valence electrons. The van der Waals surface area contributed by atoms with Crippen LogP contribution >= 0.6 is 12.2 Å². The van der Waals surface area contributed by atoms with Gasteiger partial charge in [-0.3, -0.25) is 0 Å². The lowest BCUT2D eigenvalue weighted by Crippen LogP contribution is -3.13. The van der Waals surface area contributed by atoms with Crippen molar-refractivity contribution in [1.82, 2.24) is 10.2 Å². The van der Waals surface area contributed by atoms with E-state index in [0.29, 0.717) is 13.3 Å². The predicted molar refractivity (Wildman–Crippen MR) is 116 cm³/mol.